The normalized spacial score (nSPS) is 15.4. The van der Waals surface area contributed by atoms with Crippen molar-refractivity contribution in [3.05, 3.63) is 29.8 Å². The number of piperazine rings is 1. The quantitative estimate of drug-likeness (QED) is 0.770. The number of alkyl halides is 5. The third-order valence-electron chi connectivity index (χ3n) is 3.58. The van der Waals surface area contributed by atoms with Crippen LogP contribution in [-0.4, -0.2) is 60.6 Å². The molecule has 1 aromatic rings. The first kappa shape index (κ1) is 18.9. The molecule has 0 spiro atoms. The first-order valence-electron chi connectivity index (χ1n) is 7.34. The summed E-state index contributed by atoms with van der Waals surface area (Å²) in [7, 11) is 0. The highest BCUT2D eigenvalue weighted by atomic mass is 19.4. The van der Waals surface area contributed by atoms with Crippen LogP contribution in [0, 0.1) is 0 Å². The van der Waals surface area contributed by atoms with Gasteiger partial charge in [0.2, 0.25) is 5.91 Å². The van der Waals surface area contributed by atoms with E-state index in [4.69, 9.17) is 0 Å². The van der Waals surface area contributed by atoms with Gasteiger partial charge in [-0.15, -0.1) is 0 Å². The molecule has 0 atom stereocenters. The van der Waals surface area contributed by atoms with E-state index in [0.29, 0.717) is 0 Å². The van der Waals surface area contributed by atoms with Crippen molar-refractivity contribution < 1.29 is 36.3 Å². The lowest BCUT2D eigenvalue weighted by Crippen LogP contribution is -2.51. The molecule has 0 N–H and O–H groups in total. The number of hydrogen-bond donors (Lipinski definition) is 0. The summed E-state index contributed by atoms with van der Waals surface area (Å²) in [4.78, 5) is 26.3. The molecular formula is C15H15F5N2O3. The molecule has 138 valence electrons. The topological polar surface area (TPSA) is 49.9 Å². The molecule has 0 saturated carbocycles. The minimum absolute atomic E-state index is 0.0200. The molecule has 0 aromatic heterocycles. The molecule has 25 heavy (non-hydrogen) atoms. The monoisotopic (exact) mass is 366 g/mol. The summed E-state index contributed by atoms with van der Waals surface area (Å²) in [6.45, 7) is -2.94. The molecule has 1 saturated heterocycles. The Kier molecular flexibility index (Phi) is 5.81. The number of carbonyl (C=O) groups is 2. The van der Waals surface area contributed by atoms with Gasteiger partial charge in [-0.3, -0.25) is 9.59 Å². The first-order chi connectivity index (χ1) is 11.7. The van der Waals surface area contributed by atoms with Crippen LogP contribution >= 0.6 is 0 Å². The second-order valence-corrected chi connectivity index (χ2v) is 5.37. The molecule has 0 bridgehead atoms. The van der Waals surface area contributed by atoms with E-state index < -0.39 is 31.0 Å². The Morgan fingerprint density at radius 3 is 2.24 bits per heavy atom. The van der Waals surface area contributed by atoms with E-state index in [2.05, 4.69) is 4.74 Å². The van der Waals surface area contributed by atoms with Gasteiger partial charge in [0.05, 0.1) is 0 Å². The van der Waals surface area contributed by atoms with Crippen molar-refractivity contribution in [3.8, 4) is 5.75 Å². The predicted molar refractivity (Wildman–Crippen MR) is 76.2 cm³/mol. The summed E-state index contributed by atoms with van der Waals surface area (Å²) >= 11 is 0. The molecule has 1 aliphatic rings. The standard InChI is InChI=1S/C15H15F5N2O3/c16-14(17)25-11-3-1-2-10(8-11)13(24)22-6-4-21(5-7-22)12(23)9-15(18,19)20/h1-3,8,14H,4-7,9H2. The number of rotatable bonds is 4. The van der Waals surface area contributed by atoms with E-state index in [1.165, 1.54) is 23.1 Å². The molecule has 0 unspecified atom stereocenters. The second-order valence-electron chi connectivity index (χ2n) is 5.37. The van der Waals surface area contributed by atoms with Gasteiger partial charge in [-0.1, -0.05) is 6.07 Å². The van der Waals surface area contributed by atoms with E-state index >= 15 is 0 Å². The Morgan fingerprint density at radius 2 is 1.68 bits per heavy atom. The maximum absolute atomic E-state index is 12.3. The fourth-order valence-corrected chi connectivity index (χ4v) is 2.43. The fourth-order valence-electron chi connectivity index (χ4n) is 2.43. The highest BCUT2D eigenvalue weighted by molar-refractivity contribution is 5.94. The summed E-state index contributed by atoms with van der Waals surface area (Å²) in [6.07, 6.45) is -6.11. The van der Waals surface area contributed by atoms with Gasteiger partial charge in [0, 0.05) is 31.7 Å². The maximum atomic E-state index is 12.3. The van der Waals surface area contributed by atoms with Crippen molar-refractivity contribution in [1.29, 1.82) is 0 Å². The maximum Gasteiger partial charge on any atom is 0.397 e. The minimum Gasteiger partial charge on any atom is -0.435 e. The molecule has 1 aromatic carbocycles. The van der Waals surface area contributed by atoms with E-state index in [0.717, 1.165) is 11.0 Å². The van der Waals surface area contributed by atoms with Crippen LogP contribution in [-0.2, 0) is 4.79 Å². The molecule has 1 heterocycles. The Labute approximate surface area is 139 Å². The van der Waals surface area contributed by atoms with Gasteiger partial charge < -0.3 is 14.5 Å². The predicted octanol–water partition coefficient (Wildman–Crippen LogP) is 2.52. The third-order valence-corrected chi connectivity index (χ3v) is 3.58. The molecular weight excluding hydrogens is 351 g/mol. The van der Waals surface area contributed by atoms with E-state index in [1.54, 1.807) is 0 Å². The van der Waals surface area contributed by atoms with E-state index in [9.17, 15) is 31.5 Å². The zero-order valence-corrected chi connectivity index (χ0v) is 12.9. The number of nitrogens with zero attached hydrogens (tertiary/aromatic N) is 2. The van der Waals surface area contributed by atoms with Crippen molar-refractivity contribution in [3.63, 3.8) is 0 Å². The van der Waals surface area contributed by atoms with Gasteiger partial charge in [0.25, 0.3) is 5.91 Å². The SMILES string of the molecule is O=C(CC(F)(F)F)N1CCN(C(=O)c2cccc(OC(F)F)c2)CC1. The molecule has 10 heteroatoms. The van der Waals surface area contributed by atoms with Gasteiger partial charge in [-0.05, 0) is 18.2 Å². The van der Waals surface area contributed by atoms with Crippen molar-refractivity contribution in [1.82, 2.24) is 9.80 Å². The Morgan fingerprint density at radius 1 is 1.08 bits per heavy atom. The smallest absolute Gasteiger partial charge is 0.397 e. The van der Waals surface area contributed by atoms with Gasteiger partial charge in [0.1, 0.15) is 12.2 Å². The lowest BCUT2D eigenvalue weighted by atomic mass is 10.1. The van der Waals surface area contributed by atoms with Crippen LogP contribution in [0.5, 0.6) is 5.75 Å². The number of hydrogen-bond acceptors (Lipinski definition) is 3. The molecule has 1 aliphatic heterocycles. The zero-order valence-electron chi connectivity index (χ0n) is 12.9. The number of ether oxygens (including phenoxy) is 1. The third kappa shape index (κ3) is 5.57. The van der Waals surface area contributed by atoms with E-state index in [1.807, 2.05) is 0 Å². The van der Waals surface area contributed by atoms with Gasteiger partial charge >= 0.3 is 12.8 Å². The van der Waals surface area contributed by atoms with E-state index in [-0.39, 0.29) is 37.5 Å². The zero-order chi connectivity index (χ0) is 18.6. The first-order valence-corrected chi connectivity index (χ1v) is 7.34. The molecule has 1 fully saturated rings. The van der Waals surface area contributed by atoms with Crippen molar-refractivity contribution in [2.75, 3.05) is 26.2 Å². The van der Waals surface area contributed by atoms with Gasteiger partial charge in [0.15, 0.2) is 0 Å². The summed E-state index contributed by atoms with van der Waals surface area (Å²) in [5.74, 6) is -1.67. The summed E-state index contributed by atoms with van der Waals surface area (Å²) in [5, 5.41) is 0. The lowest BCUT2D eigenvalue weighted by Gasteiger charge is -2.35. The number of amides is 2. The average molecular weight is 366 g/mol. The molecule has 0 radical (unpaired) electrons. The Hall–Kier alpha value is -2.39. The van der Waals surface area contributed by atoms with Crippen LogP contribution in [0.1, 0.15) is 16.8 Å². The van der Waals surface area contributed by atoms with Gasteiger partial charge in [-0.25, -0.2) is 0 Å². The number of halogens is 5. The Balaban J connectivity index is 1.94. The summed E-state index contributed by atoms with van der Waals surface area (Å²) in [5.41, 5.74) is 0.119. The highest BCUT2D eigenvalue weighted by Crippen LogP contribution is 2.22. The number of carbonyl (C=O) groups excluding carboxylic acids is 2. The molecule has 2 rings (SSSR count). The van der Waals surface area contributed by atoms with Crippen LogP contribution in [0.3, 0.4) is 0 Å². The summed E-state index contributed by atoms with van der Waals surface area (Å²) in [6, 6.07) is 5.24. The second kappa shape index (κ2) is 7.66. The molecule has 0 aliphatic carbocycles. The van der Waals surface area contributed by atoms with Gasteiger partial charge in [-0.2, -0.15) is 22.0 Å². The fraction of sp³-hybridized carbons (Fsp3) is 0.467. The van der Waals surface area contributed by atoms with Crippen LogP contribution in [0.25, 0.3) is 0 Å². The largest absolute Gasteiger partial charge is 0.435 e. The van der Waals surface area contributed by atoms with Crippen molar-refractivity contribution >= 4 is 11.8 Å². The van der Waals surface area contributed by atoms with Crippen LogP contribution in [0.2, 0.25) is 0 Å². The van der Waals surface area contributed by atoms with Crippen molar-refractivity contribution in [2.45, 2.75) is 19.2 Å². The van der Waals surface area contributed by atoms with Crippen LogP contribution in [0.4, 0.5) is 22.0 Å². The van der Waals surface area contributed by atoms with Crippen LogP contribution in [0.15, 0.2) is 24.3 Å². The highest BCUT2D eigenvalue weighted by Gasteiger charge is 2.35. The molecule has 5 nitrogen and oxygen atoms in total. The molecule has 2 amide bonds. The number of benzene rings is 1. The lowest BCUT2D eigenvalue weighted by molar-refractivity contribution is -0.162. The average Bonchev–Trinajstić information content (AvgIpc) is 2.52. The Bertz CT molecular complexity index is 628. The summed E-state index contributed by atoms with van der Waals surface area (Å²) < 4.78 is 65.4. The minimum atomic E-state index is -4.57. The van der Waals surface area contributed by atoms with Crippen LogP contribution < -0.4 is 4.74 Å². The van der Waals surface area contributed by atoms with Crippen molar-refractivity contribution in [2.24, 2.45) is 0 Å².